The molecule has 0 saturated carbocycles. The number of alkyl halides is 2. The number of hydrogen-bond acceptors (Lipinski definition) is 3. The lowest BCUT2D eigenvalue weighted by molar-refractivity contribution is 0.0506. The van der Waals surface area contributed by atoms with E-state index in [1.807, 2.05) is 0 Å². The third-order valence-electron chi connectivity index (χ3n) is 2.30. The van der Waals surface area contributed by atoms with Crippen LogP contribution in [0.5, 0.6) is 0 Å². The third kappa shape index (κ3) is 2.03. The predicted octanol–water partition coefficient (Wildman–Crippen LogP) is 3.10. The van der Waals surface area contributed by atoms with Crippen LogP contribution in [0.25, 0.3) is 5.65 Å². The number of carbonyl (C=O) groups excluding carboxylic acids is 1. The molecule has 96 valence electrons. The van der Waals surface area contributed by atoms with Crippen LogP contribution < -0.4 is 0 Å². The molecule has 0 bridgehead atoms. The lowest BCUT2D eigenvalue weighted by atomic mass is 10.3. The lowest BCUT2D eigenvalue weighted by Crippen LogP contribution is -2.10. The van der Waals surface area contributed by atoms with E-state index >= 15 is 0 Å². The molecule has 0 amide bonds. The Kier molecular flexibility index (Phi) is 3.47. The maximum absolute atomic E-state index is 12.9. The second-order valence-electron chi connectivity index (χ2n) is 3.42. The Morgan fingerprint density at radius 3 is 2.94 bits per heavy atom. The molecule has 2 aromatic heterocycles. The Balaban J connectivity index is 2.71. The second kappa shape index (κ2) is 4.89. The van der Waals surface area contributed by atoms with E-state index in [0.29, 0.717) is 0 Å². The van der Waals surface area contributed by atoms with Crippen LogP contribution in [0.4, 0.5) is 8.78 Å². The van der Waals surface area contributed by atoms with E-state index in [4.69, 9.17) is 16.3 Å². The monoisotopic (exact) mass is 274 g/mol. The molecule has 2 aromatic rings. The van der Waals surface area contributed by atoms with Crippen LogP contribution in [-0.4, -0.2) is 22.0 Å². The number of halogens is 3. The minimum atomic E-state index is -2.87. The van der Waals surface area contributed by atoms with Gasteiger partial charge in [0.2, 0.25) is 0 Å². The quantitative estimate of drug-likeness (QED) is 0.808. The molecule has 0 saturated heterocycles. The summed E-state index contributed by atoms with van der Waals surface area (Å²) in [7, 11) is 0. The molecule has 0 radical (unpaired) electrons. The molecule has 2 rings (SSSR count). The predicted molar refractivity (Wildman–Crippen MR) is 61.1 cm³/mol. The van der Waals surface area contributed by atoms with Crippen molar-refractivity contribution >= 4 is 23.2 Å². The summed E-state index contributed by atoms with van der Waals surface area (Å²) in [6, 6.07) is 3.04. The number of carbonyl (C=O) groups is 1. The largest absolute Gasteiger partial charge is 0.461 e. The van der Waals surface area contributed by atoms with Gasteiger partial charge in [-0.05, 0) is 19.1 Å². The van der Waals surface area contributed by atoms with Gasteiger partial charge in [-0.3, -0.25) is 4.40 Å². The zero-order valence-corrected chi connectivity index (χ0v) is 10.1. The van der Waals surface area contributed by atoms with Crippen molar-refractivity contribution in [3.05, 3.63) is 34.7 Å². The van der Waals surface area contributed by atoms with Crippen LogP contribution in [0.2, 0.25) is 5.02 Å². The maximum Gasteiger partial charge on any atom is 0.357 e. The maximum atomic E-state index is 12.9. The molecule has 0 spiro atoms. The van der Waals surface area contributed by atoms with E-state index in [-0.39, 0.29) is 23.0 Å². The number of aromatic nitrogens is 2. The van der Waals surface area contributed by atoms with E-state index in [1.54, 1.807) is 6.92 Å². The number of nitrogens with zero attached hydrogens (tertiary/aromatic N) is 2. The van der Waals surface area contributed by atoms with Gasteiger partial charge in [0.15, 0.2) is 11.3 Å². The van der Waals surface area contributed by atoms with Crippen molar-refractivity contribution in [3.8, 4) is 0 Å². The molecule has 0 aliphatic heterocycles. The summed E-state index contributed by atoms with van der Waals surface area (Å²) in [6.07, 6.45) is -1.44. The van der Waals surface area contributed by atoms with E-state index < -0.39 is 18.1 Å². The molecule has 18 heavy (non-hydrogen) atoms. The zero-order chi connectivity index (χ0) is 13.3. The third-order valence-corrected chi connectivity index (χ3v) is 2.60. The summed E-state index contributed by atoms with van der Waals surface area (Å²) in [5.74, 6) is -0.845. The first-order valence-electron chi connectivity index (χ1n) is 5.18. The standard InChI is InChI=1S/C11H9ClF2N2O2/c1-2-18-11(17)8-7(9(13)14)15-10-6(12)4-3-5-16(8)10/h3-5,9H,2H2,1H3. The van der Waals surface area contributed by atoms with Crippen LogP contribution in [-0.2, 0) is 4.74 Å². The van der Waals surface area contributed by atoms with Gasteiger partial charge in [-0.25, -0.2) is 18.6 Å². The van der Waals surface area contributed by atoms with Crippen molar-refractivity contribution in [2.24, 2.45) is 0 Å². The molecule has 0 N–H and O–H groups in total. The SMILES string of the molecule is CCOC(=O)c1c(C(F)F)nc2c(Cl)cccn12. The molecule has 4 nitrogen and oxygen atoms in total. The van der Waals surface area contributed by atoms with E-state index in [9.17, 15) is 13.6 Å². The fraction of sp³-hybridized carbons (Fsp3) is 0.273. The van der Waals surface area contributed by atoms with E-state index in [2.05, 4.69) is 4.98 Å². The van der Waals surface area contributed by atoms with Crippen LogP contribution in [0, 0.1) is 0 Å². The highest BCUT2D eigenvalue weighted by Crippen LogP contribution is 2.27. The number of rotatable bonds is 3. The minimum Gasteiger partial charge on any atom is -0.461 e. The highest BCUT2D eigenvalue weighted by Gasteiger charge is 2.26. The van der Waals surface area contributed by atoms with Crippen LogP contribution in [0.1, 0.15) is 29.5 Å². The number of ether oxygens (including phenoxy) is 1. The smallest absolute Gasteiger partial charge is 0.357 e. The summed E-state index contributed by atoms with van der Waals surface area (Å²) < 4.78 is 31.7. The zero-order valence-electron chi connectivity index (χ0n) is 9.36. The summed E-state index contributed by atoms with van der Waals surface area (Å²) in [6.45, 7) is 1.69. The first kappa shape index (κ1) is 12.8. The molecular formula is C11H9ClF2N2O2. The number of fused-ring (bicyclic) bond motifs is 1. The average molecular weight is 275 g/mol. The Hall–Kier alpha value is -1.69. The fourth-order valence-electron chi connectivity index (χ4n) is 1.61. The van der Waals surface area contributed by atoms with Gasteiger partial charge < -0.3 is 4.74 Å². The molecular weight excluding hydrogens is 266 g/mol. The van der Waals surface area contributed by atoms with Crippen molar-refractivity contribution in [1.82, 2.24) is 9.38 Å². The fourth-order valence-corrected chi connectivity index (χ4v) is 1.81. The van der Waals surface area contributed by atoms with Gasteiger partial charge in [-0.2, -0.15) is 0 Å². The molecule has 0 aliphatic rings. The van der Waals surface area contributed by atoms with Gasteiger partial charge in [-0.15, -0.1) is 0 Å². The van der Waals surface area contributed by atoms with Gasteiger partial charge in [0.25, 0.3) is 6.43 Å². The molecule has 0 unspecified atom stereocenters. The number of pyridine rings is 1. The summed E-state index contributed by atoms with van der Waals surface area (Å²) in [5.41, 5.74) is -0.802. The Morgan fingerprint density at radius 2 is 2.33 bits per heavy atom. The normalized spacial score (nSPS) is 11.2. The summed E-state index contributed by atoms with van der Waals surface area (Å²) in [4.78, 5) is 15.4. The molecule has 2 heterocycles. The van der Waals surface area contributed by atoms with Gasteiger partial charge in [0.05, 0.1) is 11.6 Å². The molecule has 0 fully saturated rings. The molecule has 0 aliphatic carbocycles. The average Bonchev–Trinajstić information content (AvgIpc) is 2.70. The summed E-state index contributed by atoms with van der Waals surface area (Å²) in [5, 5.41) is 0.190. The highest BCUT2D eigenvalue weighted by molar-refractivity contribution is 6.33. The molecule has 0 atom stereocenters. The topological polar surface area (TPSA) is 43.6 Å². The first-order chi connectivity index (χ1) is 8.56. The molecule has 7 heteroatoms. The van der Waals surface area contributed by atoms with E-state index in [0.717, 1.165) is 0 Å². The minimum absolute atomic E-state index is 0.0926. The van der Waals surface area contributed by atoms with Crippen LogP contribution >= 0.6 is 11.6 Å². The van der Waals surface area contributed by atoms with Crippen LogP contribution in [0.15, 0.2) is 18.3 Å². The summed E-state index contributed by atoms with van der Waals surface area (Å²) >= 11 is 5.85. The number of esters is 1. The lowest BCUT2D eigenvalue weighted by Gasteiger charge is -2.04. The molecule has 0 aromatic carbocycles. The number of imidazole rings is 1. The highest BCUT2D eigenvalue weighted by atomic mass is 35.5. The van der Waals surface area contributed by atoms with Crippen molar-refractivity contribution < 1.29 is 18.3 Å². The van der Waals surface area contributed by atoms with Gasteiger partial charge in [0, 0.05) is 6.20 Å². The Bertz CT molecular complexity index is 598. The van der Waals surface area contributed by atoms with Gasteiger partial charge >= 0.3 is 5.97 Å². The van der Waals surface area contributed by atoms with Crippen LogP contribution in [0.3, 0.4) is 0 Å². The Labute approximate surface area is 106 Å². The van der Waals surface area contributed by atoms with Crippen molar-refractivity contribution in [3.63, 3.8) is 0 Å². The Morgan fingerprint density at radius 1 is 1.61 bits per heavy atom. The van der Waals surface area contributed by atoms with Crippen molar-refractivity contribution in [2.45, 2.75) is 13.3 Å². The number of hydrogen-bond donors (Lipinski definition) is 0. The first-order valence-corrected chi connectivity index (χ1v) is 5.55. The van der Waals surface area contributed by atoms with Gasteiger partial charge in [-0.1, -0.05) is 11.6 Å². The van der Waals surface area contributed by atoms with Crippen molar-refractivity contribution in [2.75, 3.05) is 6.61 Å². The second-order valence-corrected chi connectivity index (χ2v) is 3.82. The van der Waals surface area contributed by atoms with Gasteiger partial charge in [0.1, 0.15) is 5.69 Å². The van der Waals surface area contributed by atoms with E-state index in [1.165, 1.54) is 22.7 Å². The van der Waals surface area contributed by atoms with Crippen molar-refractivity contribution in [1.29, 1.82) is 0 Å².